The maximum Gasteiger partial charge on any atom is 0.00966 e. The van der Waals surface area contributed by atoms with Crippen LogP contribution in [0, 0.1) is 6.42 Å². The summed E-state index contributed by atoms with van der Waals surface area (Å²) in [5.74, 6) is 0.439. The highest BCUT2D eigenvalue weighted by atomic mass is 14.9. The first-order valence-corrected chi connectivity index (χ1v) is 7.73. The summed E-state index contributed by atoms with van der Waals surface area (Å²) in [4.78, 5) is 0. The van der Waals surface area contributed by atoms with Crippen LogP contribution in [0.15, 0.2) is 60.7 Å². The predicted octanol–water partition coefficient (Wildman–Crippen LogP) is 4.80. The van der Waals surface area contributed by atoms with Crippen molar-refractivity contribution >= 4 is 0 Å². The van der Waals surface area contributed by atoms with Crippen LogP contribution >= 0.6 is 0 Å². The molecule has 1 nitrogen and oxygen atoms in total. The summed E-state index contributed by atoms with van der Waals surface area (Å²) in [6.07, 6.45) is 3.41. The lowest BCUT2D eigenvalue weighted by Gasteiger charge is -2.22. The average molecular weight is 280 g/mol. The molecular weight excluding hydrogens is 254 g/mol. The maximum atomic E-state index is 3.52. The van der Waals surface area contributed by atoms with Crippen molar-refractivity contribution in [2.75, 3.05) is 6.54 Å². The normalized spacial score (nSPS) is 11.8. The number of nitrogens with one attached hydrogen (secondary N) is 1. The zero-order valence-electron chi connectivity index (χ0n) is 13.3. The lowest BCUT2D eigenvalue weighted by molar-refractivity contribution is 0.439. The van der Waals surface area contributed by atoms with Gasteiger partial charge in [0.05, 0.1) is 0 Å². The first kappa shape index (κ1) is 15.8. The molecule has 0 unspecified atom stereocenters. The van der Waals surface area contributed by atoms with Gasteiger partial charge in [-0.3, -0.25) is 0 Å². The molecule has 21 heavy (non-hydrogen) atoms. The second-order valence-electron chi connectivity index (χ2n) is 6.53. The fraction of sp³-hybridized carbons (Fsp3) is 0.350. The monoisotopic (exact) mass is 280 g/mol. The molecular formula is C20H26N. The molecule has 0 saturated carbocycles. The van der Waals surface area contributed by atoms with E-state index in [1.165, 1.54) is 11.1 Å². The Morgan fingerprint density at radius 1 is 0.857 bits per heavy atom. The van der Waals surface area contributed by atoms with Gasteiger partial charge in [-0.15, -0.1) is 0 Å². The molecule has 2 aromatic carbocycles. The molecule has 0 aliphatic heterocycles. The summed E-state index contributed by atoms with van der Waals surface area (Å²) >= 11 is 0. The average Bonchev–Trinajstić information content (AvgIpc) is 2.48. The number of hydrogen-bond donors (Lipinski definition) is 1. The topological polar surface area (TPSA) is 12.0 Å². The van der Waals surface area contributed by atoms with E-state index in [1.807, 2.05) is 0 Å². The Labute approximate surface area is 129 Å². The van der Waals surface area contributed by atoms with Crippen LogP contribution in [-0.4, -0.2) is 12.1 Å². The smallest absolute Gasteiger partial charge is 0.00966 e. The number of benzene rings is 2. The van der Waals surface area contributed by atoms with E-state index in [-0.39, 0.29) is 5.54 Å². The van der Waals surface area contributed by atoms with Crippen LogP contribution < -0.4 is 5.32 Å². The minimum Gasteiger partial charge on any atom is -0.312 e. The Kier molecular flexibility index (Phi) is 5.58. The molecule has 0 saturated heterocycles. The molecule has 1 radical (unpaired) electrons. The molecule has 0 aliphatic rings. The van der Waals surface area contributed by atoms with Crippen molar-refractivity contribution in [3.63, 3.8) is 0 Å². The Hall–Kier alpha value is -1.60. The maximum absolute atomic E-state index is 3.52. The van der Waals surface area contributed by atoms with E-state index in [0.717, 1.165) is 13.0 Å². The largest absolute Gasteiger partial charge is 0.312 e. The summed E-state index contributed by atoms with van der Waals surface area (Å²) in [7, 11) is 0. The number of hydrogen-bond acceptors (Lipinski definition) is 1. The molecule has 1 N–H and O–H groups in total. The van der Waals surface area contributed by atoms with E-state index in [4.69, 9.17) is 0 Å². The van der Waals surface area contributed by atoms with Gasteiger partial charge in [-0.1, -0.05) is 60.7 Å². The van der Waals surface area contributed by atoms with Gasteiger partial charge in [0.25, 0.3) is 0 Å². The highest BCUT2D eigenvalue weighted by molar-refractivity contribution is 5.32. The van der Waals surface area contributed by atoms with Gasteiger partial charge in [-0.25, -0.2) is 0 Å². The highest BCUT2D eigenvalue weighted by Crippen LogP contribution is 2.28. The third-order valence-corrected chi connectivity index (χ3v) is 3.58. The molecule has 2 aromatic rings. The third kappa shape index (κ3) is 5.35. The van der Waals surface area contributed by atoms with Gasteiger partial charge in [0.1, 0.15) is 0 Å². The summed E-state index contributed by atoms with van der Waals surface area (Å²) in [6.45, 7) is 7.55. The molecule has 0 spiro atoms. The van der Waals surface area contributed by atoms with Crippen molar-refractivity contribution in [1.29, 1.82) is 0 Å². The zero-order valence-corrected chi connectivity index (χ0v) is 13.3. The summed E-state index contributed by atoms with van der Waals surface area (Å²) in [5, 5.41) is 3.52. The lowest BCUT2D eigenvalue weighted by atomic mass is 9.87. The Morgan fingerprint density at radius 3 is 1.76 bits per heavy atom. The van der Waals surface area contributed by atoms with Crippen LogP contribution in [0.1, 0.15) is 44.2 Å². The van der Waals surface area contributed by atoms with E-state index >= 15 is 0 Å². The van der Waals surface area contributed by atoms with Crippen LogP contribution in [0.4, 0.5) is 0 Å². The van der Waals surface area contributed by atoms with Crippen molar-refractivity contribution in [2.45, 2.75) is 38.6 Å². The van der Waals surface area contributed by atoms with E-state index in [2.05, 4.69) is 93.2 Å². The summed E-state index contributed by atoms with van der Waals surface area (Å²) < 4.78 is 0. The minimum absolute atomic E-state index is 0.172. The molecule has 0 bridgehead atoms. The molecule has 0 heterocycles. The van der Waals surface area contributed by atoms with Gasteiger partial charge < -0.3 is 5.32 Å². The van der Waals surface area contributed by atoms with Crippen molar-refractivity contribution in [2.24, 2.45) is 0 Å². The fourth-order valence-electron chi connectivity index (χ4n) is 2.46. The molecule has 111 valence electrons. The van der Waals surface area contributed by atoms with Crippen molar-refractivity contribution in [3.05, 3.63) is 78.2 Å². The molecule has 2 rings (SSSR count). The Balaban J connectivity index is 2.04. The van der Waals surface area contributed by atoms with Crippen LogP contribution in [0.5, 0.6) is 0 Å². The van der Waals surface area contributed by atoms with E-state index in [9.17, 15) is 0 Å². The highest BCUT2D eigenvalue weighted by Gasteiger charge is 2.14. The van der Waals surface area contributed by atoms with Crippen molar-refractivity contribution in [1.82, 2.24) is 5.32 Å². The van der Waals surface area contributed by atoms with Gasteiger partial charge >= 0.3 is 0 Å². The Morgan fingerprint density at radius 2 is 1.33 bits per heavy atom. The van der Waals surface area contributed by atoms with Crippen molar-refractivity contribution < 1.29 is 0 Å². The van der Waals surface area contributed by atoms with Crippen LogP contribution in [-0.2, 0) is 0 Å². The van der Waals surface area contributed by atoms with Gasteiger partial charge in [0.15, 0.2) is 0 Å². The van der Waals surface area contributed by atoms with Gasteiger partial charge in [0.2, 0.25) is 0 Å². The SMILES string of the molecule is CC(C)(C)NC[CH]CC(c1ccccc1)c1ccccc1. The first-order valence-electron chi connectivity index (χ1n) is 7.73. The summed E-state index contributed by atoms with van der Waals surface area (Å²) in [5.41, 5.74) is 2.94. The van der Waals surface area contributed by atoms with Crippen LogP contribution in [0.25, 0.3) is 0 Å². The van der Waals surface area contributed by atoms with Gasteiger partial charge in [0, 0.05) is 11.5 Å². The molecule has 0 atom stereocenters. The second kappa shape index (κ2) is 7.42. The zero-order chi connectivity index (χ0) is 15.1. The quantitative estimate of drug-likeness (QED) is 0.749. The van der Waals surface area contributed by atoms with E-state index in [0.29, 0.717) is 5.92 Å². The molecule has 1 heteroatoms. The van der Waals surface area contributed by atoms with Crippen molar-refractivity contribution in [3.8, 4) is 0 Å². The molecule has 0 fully saturated rings. The molecule has 0 aliphatic carbocycles. The van der Waals surface area contributed by atoms with E-state index in [1.54, 1.807) is 0 Å². The lowest BCUT2D eigenvalue weighted by Crippen LogP contribution is -2.36. The van der Waals surface area contributed by atoms with Crippen LogP contribution in [0.2, 0.25) is 0 Å². The number of rotatable bonds is 6. The summed E-state index contributed by atoms with van der Waals surface area (Å²) in [6, 6.07) is 21.6. The van der Waals surface area contributed by atoms with Gasteiger partial charge in [-0.05, 0) is 51.3 Å². The predicted molar refractivity (Wildman–Crippen MR) is 91.4 cm³/mol. The fourth-order valence-corrected chi connectivity index (χ4v) is 2.46. The first-order chi connectivity index (χ1) is 10.1. The molecule has 0 amide bonds. The second-order valence-corrected chi connectivity index (χ2v) is 6.53. The van der Waals surface area contributed by atoms with Gasteiger partial charge in [-0.2, -0.15) is 0 Å². The minimum atomic E-state index is 0.172. The Bertz CT molecular complexity index is 471. The third-order valence-electron chi connectivity index (χ3n) is 3.58. The standard InChI is InChI=1S/C20H26N/c1-20(2,3)21-16-10-15-19(17-11-6-4-7-12-17)18-13-8-5-9-14-18/h4-14,19,21H,15-16H2,1-3H3. The van der Waals surface area contributed by atoms with Crippen LogP contribution in [0.3, 0.4) is 0 Å². The van der Waals surface area contributed by atoms with E-state index < -0.39 is 0 Å². The molecule has 0 aromatic heterocycles.